The molecule has 1 aromatic heterocycles. The Kier molecular flexibility index (Phi) is 6.69. The van der Waals surface area contributed by atoms with Gasteiger partial charge in [-0.3, -0.25) is 0 Å². The Bertz CT molecular complexity index is 1660. The second kappa shape index (κ2) is 10.5. The van der Waals surface area contributed by atoms with Crippen molar-refractivity contribution in [2.75, 3.05) is 18.0 Å². The molecule has 2 heterocycles. The molecule has 5 nitrogen and oxygen atoms in total. The summed E-state index contributed by atoms with van der Waals surface area (Å²) in [5, 5.41) is 10.1. The maximum absolute atomic E-state index is 14.9. The summed E-state index contributed by atoms with van der Waals surface area (Å²) in [6.07, 6.45) is 5.15. The van der Waals surface area contributed by atoms with Crippen LogP contribution < -0.4 is 9.64 Å². The van der Waals surface area contributed by atoms with E-state index in [2.05, 4.69) is 35.2 Å². The minimum atomic E-state index is -0.478. The van der Waals surface area contributed by atoms with Crippen LogP contribution in [0.1, 0.15) is 65.2 Å². The number of rotatable bonds is 6. The van der Waals surface area contributed by atoms with Crippen LogP contribution in [-0.2, 0) is 18.4 Å². The van der Waals surface area contributed by atoms with Crippen molar-refractivity contribution in [3.63, 3.8) is 0 Å². The van der Waals surface area contributed by atoms with Gasteiger partial charge < -0.3 is 9.64 Å². The zero-order chi connectivity index (χ0) is 28.8. The molecule has 3 aliphatic rings. The normalized spacial score (nSPS) is 20.3. The summed E-state index contributed by atoms with van der Waals surface area (Å²) in [6, 6.07) is 24.2. The number of benzene rings is 3. The lowest BCUT2D eigenvalue weighted by Crippen LogP contribution is -2.42. The summed E-state index contributed by atoms with van der Waals surface area (Å²) >= 11 is 0. The molecule has 2 atom stereocenters. The quantitative estimate of drug-likeness (QED) is 0.244. The van der Waals surface area contributed by atoms with Gasteiger partial charge in [-0.05, 0) is 104 Å². The first-order valence-corrected chi connectivity index (χ1v) is 15.1. The molecule has 212 valence electrons. The van der Waals surface area contributed by atoms with Gasteiger partial charge in [0.05, 0.1) is 22.9 Å². The lowest BCUT2D eigenvalue weighted by atomic mass is 9.74. The van der Waals surface area contributed by atoms with E-state index in [0.29, 0.717) is 24.6 Å². The molecule has 2 fully saturated rings. The van der Waals surface area contributed by atoms with E-state index in [9.17, 15) is 9.65 Å². The first-order chi connectivity index (χ1) is 20.4. The standard InChI is InChI=1S/C36H35FN4O/c1-23-34(24(2)40-35(39-23)41-16-14-36(22-38,15-17-41)29-6-4-3-5-7-29)27-10-13-33(37)28(18-27)21-42-30-11-12-31-25(19-30)8-9-26-20-32(26)31/h3-7,10-13,18-19,26,32H,8-9,14-17,20-21H2,1-2H3/t26-,32+/m0/s1. The van der Waals surface area contributed by atoms with Gasteiger partial charge in [-0.25, -0.2) is 14.4 Å². The highest BCUT2D eigenvalue weighted by atomic mass is 19.1. The highest BCUT2D eigenvalue weighted by Gasteiger charge is 2.42. The zero-order valence-electron chi connectivity index (χ0n) is 24.2. The maximum Gasteiger partial charge on any atom is 0.225 e. The fourth-order valence-corrected chi connectivity index (χ4v) is 7.11. The van der Waals surface area contributed by atoms with Gasteiger partial charge in [0.15, 0.2) is 0 Å². The minimum Gasteiger partial charge on any atom is -0.489 e. The van der Waals surface area contributed by atoms with E-state index in [0.717, 1.165) is 64.9 Å². The molecular formula is C36H35FN4O. The Morgan fingerprint density at radius 3 is 2.50 bits per heavy atom. The van der Waals surface area contributed by atoms with Gasteiger partial charge in [0.2, 0.25) is 5.95 Å². The van der Waals surface area contributed by atoms with Crippen LogP contribution in [0.25, 0.3) is 11.1 Å². The van der Waals surface area contributed by atoms with Crippen molar-refractivity contribution >= 4 is 5.95 Å². The van der Waals surface area contributed by atoms with Gasteiger partial charge >= 0.3 is 0 Å². The van der Waals surface area contributed by atoms with Gasteiger partial charge in [0.1, 0.15) is 18.2 Å². The van der Waals surface area contributed by atoms with Crippen molar-refractivity contribution in [1.82, 2.24) is 9.97 Å². The summed E-state index contributed by atoms with van der Waals surface area (Å²) in [4.78, 5) is 11.9. The van der Waals surface area contributed by atoms with Crippen LogP contribution >= 0.6 is 0 Å². The molecule has 4 aromatic rings. The average molecular weight is 559 g/mol. The predicted octanol–water partition coefficient (Wildman–Crippen LogP) is 7.59. The molecule has 0 bridgehead atoms. The smallest absolute Gasteiger partial charge is 0.225 e. The van der Waals surface area contributed by atoms with E-state index in [1.54, 1.807) is 6.07 Å². The first-order valence-electron chi connectivity index (χ1n) is 15.1. The molecule has 0 radical (unpaired) electrons. The molecule has 1 saturated heterocycles. The number of aryl methyl sites for hydroxylation is 3. The molecule has 2 aliphatic carbocycles. The molecular weight excluding hydrogens is 523 g/mol. The Hall–Kier alpha value is -4.24. The monoisotopic (exact) mass is 558 g/mol. The van der Waals surface area contributed by atoms with E-state index in [1.165, 1.54) is 30.0 Å². The topological polar surface area (TPSA) is 62.0 Å². The maximum atomic E-state index is 14.9. The van der Waals surface area contributed by atoms with Gasteiger partial charge in [-0.1, -0.05) is 42.5 Å². The molecule has 7 rings (SSSR count). The molecule has 1 aliphatic heterocycles. The van der Waals surface area contributed by atoms with E-state index < -0.39 is 5.41 Å². The number of hydrogen-bond acceptors (Lipinski definition) is 5. The number of anilines is 1. The number of nitrogens with zero attached hydrogens (tertiary/aromatic N) is 4. The van der Waals surface area contributed by atoms with Crippen molar-refractivity contribution in [2.45, 2.75) is 63.9 Å². The predicted molar refractivity (Wildman–Crippen MR) is 162 cm³/mol. The van der Waals surface area contributed by atoms with Crippen LogP contribution in [0, 0.1) is 36.9 Å². The third kappa shape index (κ3) is 4.81. The second-order valence-electron chi connectivity index (χ2n) is 12.2. The Labute approximate surface area is 247 Å². The Morgan fingerprint density at radius 2 is 1.76 bits per heavy atom. The van der Waals surface area contributed by atoms with E-state index in [4.69, 9.17) is 14.7 Å². The van der Waals surface area contributed by atoms with Crippen molar-refractivity contribution in [3.8, 4) is 22.9 Å². The third-order valence-corrected chi connectivity index (χ3v) is 9.65. The van der Waals surface area contributed by atoms with Crippen molar-refractivity contribution in [1.29, 1.82) is 5.26 Å². The van der Waals surface area contributed by atoms with Crippen molar-refractivity contribution in [3.05, 3.63) is 106 Å². The SMILES string of the molecule is Cc1nc(N2CCC(C#N)(c3ccccc3)CC2)nc(C)c1-c1ccc(F)c(COc2ccc3c(c2)CC[C@H]2C[C@@H]32)c1. The highest BCUT2D eigenvalue weighted by Crippen LogP contribution is 2.54. The summed E-state index contributed by atoms with van der Waals surface area (Å²) in [5.41, 5.74) is 7.48. The van der Waals surface area contributed by atoms with Gasteiger partial charge in [0, 0.05) is 24.2 Å². The zero-order valence-corrected chi connectivity index (χ0v) is 24.2. The number of nitriles is 1. The van der Waals surface area contributed by atoms with E-state index in [1.807, 2.05) is 44.2 Å². The third-order valence-electron chi connectivity index (χ3n) is 9.65. The van der Waals surface area contributed by atoms with Gasteiger partial charge in [-0.2, -0.15) is 5.26 Å². The van der Waals surface area contributed by atoms with E-state index in [-0.39, 0.29) is 12.4 Å². The number of aromatic nitrogens is 2. The van der Waals surface area contributed by atoms with Crippen LogP contribution in [0.2, 0.25) is 0 Å². The lowest BCUT2D eigenvalue weighted by Gasteiger charge is -2.37. The molecule has 1 saturated carbocycles. The lowest BCUT2D eigenvalue weighted by molar-refractivity contribution is 0.299. The van der Waals surface area contributed by atoms with E-state index >= 15 is 0 Å². The average Bonchev–Trinajstić information content (AvgIpc) is 3.82. The van der Waals surface area contributed by atoms with Gasteiger partial charge in [0.25, 0.3) is 0 Å². The highest BCUT2D eigenvalue weighted by molar-refractivity contribution is 5.69. The number of hydrogen-bond donors (Lipinski definition) is 0. The molecule has 6 heteroatoms. The largest absolute Gasteiger partial charge is 0.489 e. The van der Waals surface area contributed by atoms with Crippen LogP contribution in [-0.4, -0.2) is 23.1 Å². The fraction of sp³-hybridized carbons (Fsp3) is 0.361. The molecule has 0 unspecified atom stereocenters. The number of piperidine rings is 1. The first kappa shape index (κ1) is 26.6. The molecule has 42 heavy (non-hydrogen) atoms. The Balaban J connectivity index is 1.07. The second-order valence-corrected chi connectivity index (χ2v) is 12.2. The minimum absolute atomic E-state index is 0.164. The Morgan fingerprint density at radius 1 is 1.00 bits per heavy atom. The van der Waals surface area contributed by atoms with Crippen molar-refractivity contribution in [2.24, 2.45) is 5.92 Å². The molecule has 0 amide bonds. The van der Waals surface area contributed by atoms with Crippen molar-refractivity contribution < 1.29 is 9.13 Å². The number of fused-ring (bicyclic) bond motifs is 3. The summed E-state index contributed by atoms with van der Waals surface area (Å²) in [5.74, 6) is 2.83. The van der Waals surface area contributed by atoms with Crippen LogP contribution in [0.15, 0.2) is 66.7 Å². The van der Waals surface area contributed by atoms with Gasteiger partial charge in [-0.15, -0.1) is 0 Å². The number of halogens is 1. The van der Waals surface area contributed by atoms with Crippen LogP contribution in [0.3, 0.4) is 0 Å². The summed E-state index contributed by atoms with van der Waals surface area (Å²) in [6.45, 7) is 5.55. The fourth-order valence-electron chi connectivity index (χ4n) is 7.11. The number of ether oxygens (including phenoxy) is 1. The van der Waals surface area contributed by atoms with Crippen LogP contribution in [0.5, 0.6) is 5.75 Å². The molecule has 0 N–H and O–H groups in total. The van der Waals surface area contributed by atoms with Crippen LogP contribution in [0.4, 0.5) is 10.3 Å². The molecule has 3 aromatic carbocycles. The summed E-state index contributed by atoms with van der Waals surface area (Å²) in [7, 11) is 0. The molecule has 0 spiro atoms. The summed E-state index contributed by atoms with van der Waals surface area (Å²) < 4.78 is 21.0.